The van der Waals surface area contributed by atoms with Gasteiger partial charge in [0.1, 0.15) is 0 Å². The van der Waals surface area contributed by atoms with E-state index in [0.29, 0.717) is 29.6 Å². The third-order valence-corrected chi connectivity index (χ3v) is 4.93. The zero-order chi connectivity index (χ0) is 17.1. The number of hydrogen-bond acceptors (Lipinski definition) is 2. The van der Waals surface area contributed by atoms with Crippen molar-refractivity contribution in [1.82, 2.24) is 4.90 Å². The fraction of sp³-hybridized carbons (Fsp3) is 0.316. The summed E-state index contributed by atoms with van der Waals surface area (Å²) in [6.07, 6.45) is 0.453. The van der Waals surface area contributed by atoms with E-state index in [0.717, 1.165) is 24.3 Å². The van der Waals surface area contributed by atoms with Gasteiger partial charge in [0.2, 0.25) is 5.91 Å². The summed E-state index contributed by atoms with van der Waals surface area (Å²) in [7, 11) is 0. The molecule has 24 heavy (non-hydrogen) atoms. The maximum Gasteiger partial charge on any atom is 0.227 e. The number of benzene rings is 2. The molecule has 1 amide bonds. The molecule has 0 spiro atoms. The third kappa shape index (κ3) is 3.85. The summed E-state index contributed by atoms with van der Waals surface area (Å²) in [5.41, 5.74) is 3.11. The summed E-state index contributed by atoms with van der Waals surface area (Å²) < 4.78 is 0. The average molecular weight is 363 g/mol. The Labute approximate surface area is 152 Å². The SMILES string of the molecule is Cc1cccc(CC(=O)N2CCN(c3c(Cl)cccc3Cl)CC2)c1. The van der Waals surface area contributed by atoms with E-state index >= 15 is 0 Å². The van der Waals surface area contributed by atoms with Crippen LogP contribution in [0, 0.1) is 6.92 Å². The van der Waals surface area contributed by atoms with Gasteiger partial charge in [0.05, 0.1) is 22.2 Å². The third-order valence-electron chi connectivity index (χ3n) is 4.32. The molecule has 1 heterocycles. The molecule has 2 aromatic carbocycles. The van der Waals surface area contributed by atoms with E-state index in [2.05, 4.69) is 11.0 Å². The Morgan fingerprint density at radius 2 is 1.62 bits per heavy atom. The van der Waals surface area contributed by atoms with Gasteiger partial charge in [0.15, 0.2) is 0 Å². The monoisotopic (exact) mass is 362 g/mol. The molecule has 0 atom stereocenters. The van der Waals surface area contributed by atoms with Crippen molar-refractivity contribution in [3.05, 3.63) is 63.6 Å². The first-order valence-electron chi connectivity index (χ1n) is 8.07. The molecule has 0 unspecified atom stereocenters. The van der Waals surface area contributed by atoms with E-state index in [1.165, 1.54) is 5.56 Å². The summed E-state index contributed by atoms with van der Waals surface area (Å²) in [5, 5.41) is 1.31. The fourth-order valence-corrected chi connectivity index (χ4v) is 3.72. The van der Waals surface area contributed by atoms with Crippen molar-refractivity contribution in [2.45, 2.75) is 13.3 Å². The lowest BCUT2D eigenvalue weighted by Gasteiger charge is -2.37. The van der Waals surface area contributed by atoms with Crippen LogP contribution in [0.25, 0.3) is 0 Å². The lowest BCUT2D eigenvalue weighted by molar-refractivity contribution is -0.130. The zero-order valence-corrected chi connectivity index (χ0v) is 15.1. The quantitative estimate of drug-likeness (QED) is 0.816. The van der Waals surface area contributed by atoms with Gasteiger partial charge in [-0.3, -0.25) is 4.79 Å². The second-order valence-electron chi connectivity index (χ2n) is 6.10. The second-order valence-corrected chi connectivity index (χ2v) is 6.92. The highest BCUT2D eigenvalue weighted by molar-refractivity contribution is 6.39. The first-order chi connectivity index (χ1) is 11.5. The Hall–Kier alpha value is -1.71. The van der Waals surface area contributed by atoms with Crippen LogP contribution < -0.4 is 4.90 Å². The van der Waals surface area contributed by atoms with Crippen LogP contribution in [-0.2, 0) is 11.2 Å². The van der Waals surface area contributed by atoms with Crippen LogP contribution in [0.3, 0.4) is 0 Å². The number of piperazine rings is 1. The van der Waals surface area contributed by atoms with Crippen molar-refractivity contribution >= 4 is 34.8 Å². The van der Waals surface area contributed by atoms with E-state index in [-0.39, 0.29) is 5.91 Å². The van der Waals surface area contributed by atoms with Gasteiger partial charge in [0, 0.05) is 26.2 Å². The van der Waals surface area contributed by atoms with Gasteiger partial charge < -0.3 is 9.80 Å². The Bertz CT molecular complexity index is 720. The Morgan fingerprint density at radius 3 is 2.25 bits per heavy atom. The summed E-state index contributed by atoms with van der Waals surface area (Å²) in [6, 6.07) is 13.6. The molecule has 5 heteroatoms. The molecule has 1 aliphatic heterocycles. The second kappa shape index (κ2) is 7.45. The molecule has 2 aromatic rings. The minimum Gasteiger partial charge on any atom is -0.366 e. The lowest BCUT2D eigenvalue weighted by Crippen LogP contribution is -2.49. The Morgan fingerprint density at radius 1 is 1.00 bits per heavy atom. The van der Waals surface area contributed by atoms with Crippen LogP contribution in [0.15, 0.2) is 42.5 Å². The predicted molar refractivity (Wildman–Crippen MR) is 100 cm³/mol. The number of para-hydroxylation sites is 1. The van der Waals surface area contributed by atoms with Gasteiger partial charge in [-0.2, -0.15) is 0 Å². The van der Waals surface area contributed by atoms with Gasteiger partial charge in [-0.05, 0) is 24.6 Å². The highest BCUT2D eigenvalue weighted by atomic mass is 35.5. The summed E-state index contributed by atoms with van der Waals surface area (Å²) in [5.74, 6) is 0.172. The molecular weight excluding hydrogens is 343 g/mol. The molecule has 1 fully saturated rings. The van der Waals surface area contributed by atoms with E-state index in [1.807, 2.05) is 48.2 Å². The first-order valence-corrected chi connectivity index (χ1v) is 8.82. The number of hydrogen-bond donors (Lipinski definition) is 0. The highest BCUT2D eigenvalue weighted by Crippen LogP contribution is 2.34. The van der Waals surface area contributed by atoms with E-state index in [4.69, 9.17) is 23.2 Å². The van der Waals surface area contributed by atoms with E-state index < -0.39 is 0 Å². The van der Waals surface area contributed by atoms with Crippen LogP contribution in [0.4, 0.5) is 5.69 Å². The Kier molecular flexibility index (Phi) is 5.32. The number of rotatable bonds is 3. The minimum absolute atomic E-state index is 0.172. The standard InChI is InChI=1S/C19H20Cl2N2O/c1-14-4-2-5-15(12-14)13-18(24)22-8-10-23(11-9-22)19-16(20)6-3-7-17(19)21/h2-7,12H,8-11,13H2,1H3. The van der Waals surface area contributed by atoms with Crippen molar-refractivity contribution < 1.29 is 4.79 Å². The van der Waals surface area contributed by atoms with Gasteiger partial charge >= 0.3 is 0 Å². The van der Waals surface area contributed by atoms with Gasteiger partial charge in [-0.1, -0.05) is 59.1 Å². The molecule has 126 valence electrons. The molecule has 0 bridgehead atoms. The Balaban J connectivity index is 1.61. The van der Waals surface area contributed by atoms with Gasteiger partial charge in [0.25, 0.3) is 0 Å². The van der Waals surface area contributed by atoms with Gasteiger partial charge in [-0.25, -0.2) is 0 Å². The predicted octanol–water partition coefficient (Wildman–Crippen LogP) is 4.19. The number of carbonyl (C=O) groups excluding carboxylic acids is 1. The van der Waals surface area contributed by atoms with Crippen molar-refractivity contribution in [2.24, 2.45) is 0 Å². The van der Waals surface area contributed by atoms with Crippen LogP contribution in [-0.4, -0.2) is 37.0 Å². The number of halogens is 2. The molecule has 1 saturated heterocycles. The normalized spacial score (nSPS) is 14.8. The first kappa shape index (κ1) is 17.1. The number of aryl methyl sites for hydroxylation is 1. The van der Waals surface area contributed by atoms with Crippen LogP contribution >= 0.6 is 23.2 Å². The van der Waals surface area contributed by atoms with E-state index in [9.17, 15) is 4.79 Å². The summed E-state index contributed by atoms with van der Waals surface area (Å²) >= 11 is 12.6. The lowest BCUT2D eigenvalue weighted by atomic mass is 10.1. The zero-order valence-electron chi connectivity index (χ0n) is 13.6. The smallest absolute Gasteiger partial charge is 0.227 e. The van der Waals surface area contributed by atoms with E-state index in [1.54, 1.807) is 0 Å². The maximum atomic E-state index is 12.5. The average Bonchev–Trinajstić information content (AvgIpc) is 2.55. The maximum absolute atomic E-state index is 12.5. The number of carbonyl (C=O) groups is 1. The molecule has 3 rings (SSSR count). The van der Waals surface area contributed by atoms with Gasteiger partial charge in [-0.15, -0.1) is 0 Å². The molecule has 0 radical (unpaired) electrons. The summed E-state index contributed by atoms with van der Waals surface area (Å²) in [6.45, 7) is 4.89. The van der Waals surface area contributed by atoms with Crippen molar-refractivity contribution in [1.29, 1.82) is 0 Å². The molecule has 0 N–H and O–H groups in total. The molecule has 0 aromatic heterocycles. The number of nitrogens with zero attached hydrogens (tertiary/aromatic N) is 2. The summed E-state index contributed by atoms with van der Waals surface area (Å²) in [4.78, 5) is 16.6. The van der Waals surface area contributed by atoms with Crippen molar-refractivity contribution in [3.8, 4) is 0 Å². The molecule has 3 nitrogen and oxygen atoms in total. The van der Waals surface area contributed by atoms with Crippen LogP contribution in [0.1, 0.15) is 11.1 Å². The molecular formula is C19H20Cl2N2O. The number of amides is 1. The molecule has 1 aliphatic rings. The molecule has 0 aliphatic carbocycles. The largest absolute Gasteiger partial charge is 0.366 e. The number of anilines is 1. The van der Waals surface area contributed by atoms with Crippen LogP contribution in [0.2, 0.25) is 10.0 Å². The highest BCUT2D eigenvalue weighted by Gasteiger charge is 2.23. The van der Waals surface area contributed by atoms with Crippen molar-refractivity contribution in [3.63, 3.8) is 0 Å². The fourth-order valence-electron chi connectivity index (χ4n) is 3.08. The minimum atomic E-state index is 0.172. The van der Waals surface area contributed by atoms with Crippen molar-refractivity contribution in [2.75, 3.05) is 31.1 Å². The van der Waals surface area contributed by atoms with Crippen LogP contribution in [0.5, 0.6) is 0 Å². The topological polar surface area (TPSA) is 23.6 Å². The molecule has 0 saturated carbocycles.